The van der Waals surface area contributed by atoms with Crippen LogP contribution in [0.5, 0.6) is 0 Å². The number of allylic oxidation sites excluding steroid dienone is 3. The van der Waals surface area contributed by atoms with E-state index >= 15 is 0 Å². The fourth-order valence-corrected chi connectivity index (χ4v) is 0.894. The van der Waals surface area contributed by atoms with E-state index in [4.69, 9.17) is 4.74 Å². The van der Waals surface area contributed by atoms with Crippen LogP contribution in [0.25, 0.3) is 0 Å². The molecule has 0 aliphatic carbocycles. The molecule has 2 heteroatoms. The average molecular weight is 152 g/mol. The van der Waals surface area contributed by atoms with E-state index in [0.717, 1.165) is 19.3 Å². The van der Waals surface area contributed by atoms with Gasteiger partial charge in [0.05, 0.1) is 6.61 Å². The lowest BCUT2D eigenvalue weighted by molar-refractivity contribution is -0.137. The van der Waals surface area contributed by atoms with Crippen LogP contribution in [0.15, 0.2) is 24.3 Å². The Labute approximate surface area is 66.5 Å². The summed E-state index contributed by atoms with van der Waals surface area (Å²) in [5.41, 5.74) is 0. The van der Waals surface area contributed by atoms with Gasteiger partial charge in [0, 0.05) is 6.08 Å². The van der Waals surface area contributed by atoms with Crippen molar-refractivity contribution >= 4 is 5.97 Å². The van der Waals surface area contributed by atoms with Gasteiger partial charge < -0.3 is 4.74 Å². The maximum atomic E-state index is 10.8. The van der Waals surface area contributed by atoms with E-state index in [9.17, 15) is 4.79 Å². The molecule has 1 aliphatic rings. The number of esters is 1. The van der Waals surface area contributed by atoms with Crippen molar-refractivity contribution in [3.8, 4) is 0 Å². The zero-order valence-electron chi connectivity index (χ0n) is 6.45. The predicted molar refractivity (Wildman–Crippen MR) is 43.1 cm³/mol. The normalized spacial score (nSPS) is 25.3. The van der Waals surface area contributed by atoms with Crippen LogP contribution in [0.1, 0.15) is 19.3 Å². The second-order valence-electron chi connectivity index (χ2n) is 2.45. The minimum Gasteiger partial charge on any atom is -0.463 e. The van der Waals surface area contributed by atoms with Crippen LogP contribution in [0.3, 0.4) is 0 Å². The molecule has 2 nitrogen and oxygen atoms in total. The lowest BCUT2D eigenvalue weighted by Crippen LogP contribution is -2.02. The number of carbonyl (C=O) groups is 1. The van der Waals surface area contributed by atoms with E-state index in [1.807, 2.05) is 6.08 Å². The Kier molecular flexibility index (Phi) is 3.45. The topological polar surface area (TPSA) is 26.3 Å². The summed E-state index contributed by atoms with van der Waals surface area (Å²) in [4.78, 5) is 10.8. The molecule has 1 heterocycles. The summed E-state index contributed by atoms with van der Waals surface area (Å²) in [6, 6.07) is 0. The van der Waals surface area contributed by atoms with Crippen LogP contribution < -0.4 is 0 Å². The van der Waals surface area contributed by atoms with Gasteiger partial charge in [-0.15, -0.1) is 0 Å². The van der Waals surface area contributed by atoms with Crippen molar-refractivity contribution in [1.29, 1.82) is 0 Å². The predicted octanol–water partition coefficient (Wildman–Crippen LogP) is 1.83. The van der Waals surface area contributed by atoms with Gasteiger partial charge in [0.15, 0.2) is 0 Å². The summed E-state index contributed by atoms with van der Waals surface area (Å²) in [5.74, 6) is -0.239. The molecule has 0 saturated heterocycles. The third-order valence-electron chi connectivity index (χ3n) is 1.49. The first-order valence-electron chi connectivity index (χ1n) is 3.89. The van der Waals surface area contributed by atoms with E-state index in [1.165, 1.54) is 6.08 Å². The Morgan fingerprint density at radius 3 is 3.09 bits per heavy atom. The monoisotopic (exact) mass is 152 g/mol. The highest BCUT2D eigenvalue weighted by molar-refractivity contribution is 5.82. The molecule has 0 radical (unpaired) electrons. The van der Waals surface area contributed by atoms with Crippen LogP contribution in [0.4, 0.5) is 0 Å². The van der Waals surface area contributed by atoms with Crippen LogP contribution in [-0.2, 0) is 9.53 Å². The smallest absolute Gasteiger partial charge is 0.330 e. The number of hydrogen-bond donors (Lipinski definition) is 0. The van der Waals surface area contributed by atoms with Crippen LogP contribution in [-0.4, -0.2) is 12.6 Å². The highest BCUT2D eigenvalue weighted by Gasteiger charge is 1.95. The Bertz CT molecular complexity index is 180. The molecule has 1 aliphatic heterocycles. The van der Waals surface area contributed by atoms with Gasteiger partial charge in [0.25, 0.3) is 0 Å². The fourth-order valence-electron chi connectivity index (χ4n) is 0.894. The summed E-state index contributed by atoms with van der Waals surface area (Å²) in [6.07, 6.45) is 10.2. The maximum absolute atomic E-state index is 10.8. The lowest BCUT2D eigenvalue weighted by atomic mass is 10.2. The third kappa shape index (κ3) is 3.61. The number of cyclic esters (lactones) is 1. The van der Waals surface area contributed by atoms with Crippen molar-refractivity contribution in [1.82, 2.24) is 0 Å². The molecule has 0 unspecified atom stereocenters. The third-order valence-corrected chi connectivity index (χ3v) is 1.49. The Balaban J connectivity index is 2.44. The van der Waals surface area contributed by atoms with Gasteiger partial charge in [0.2, 0.25) is 0 Å². The van der Waals surface area contributed by atoms with Crippen molar-refractivity contribution < 1.29 is 9.53 Å². The van der Waals surface area contributed by atoms with Crippen molar-refractivity contribution in [2.24, 2.45) is 0 Å². The molecule has 0 aromatic heterocycles. The molecule has 0 aromatic rings. The number of carbonyl (C=O) groups excluding carboxylic acids is 1. The molecule has 0 saturated carbocycles. The van der Waals surface area contributed by atoms with E-state index in [2.05, 4.69) is 6.08 Å². The largest absolute Gasteiger partial charge is 0.463 e. The molecule has 0 atom stereocenters. The Morgan fingerprint density at radius 2 is 2.18 bits per heavy atom. The highest BCUT2D eigenvalue weighted by atomic mass is 16.5. The summed E-state index contributed by atoms with van der Waals surface area (Å²) in [5, 5.41) is 0. The zero-order valence-corrected chi connectivity index (χ0v) is 6.45. The van der Waals surface area contributed by atoms with E-state index in [-0.39, 0.29) is 5.97 Å². The highest BCUT2D eigenvalue weighted by Crippen LogP contribution is 1.99. The Hall–Kier alpha value is -1.05. The van der Waals surface area contributed by atoms with E-state index < -0.39 is 0 Å². The summed E-state index contributed by atoms with van der Waals surface area (Å²) < 4.78 is 4.86. The van der Waals surface area contributed by atoms with Crippen molar-refractivity contribution in [3.05, 3.63) is 24.3 Å². The van der Waals surface area contributed by atoms with Gasteiger partial charge in [0.1, 0.15) is 0 Å². The van der Waals surface area contributed by atoms with Gasteiger partial charge in [-0.3, -0.25) is 0 Å². The molecular weight excluding hydrogens is 140 g/mol. The van der Waals surface area contributed by atoms with Gasteiger partial charge in [-0.2, -0.15) is 0 Å². The molecule has 0 bridgehead atoms. The summed E-state index contributed by atoms with van der Waals surface area (Å²) in [7, 11) is 0. The fraction of sp³-hybridized carbons (Fsp3) is 0.444. The molecule has 0 fully saturated rings. The Morgan fingerprint density at radius 1 is 1.27 bits per heavy atom. The summed E-state index contributed by atoms with van der Waals surface area (Å²) >= 11 is 0. The molecule has 1 rings (SSSR count). The van der Waals surface area contributed by atoms with E-state index in [1.54, 1.807) is 6.08 Å². The first-order valence-corrected chi connectivity index (χ1v) is 3.89. The van der Waals surface area contributed by atoms with Crippen LogP contribution >= 0.6 is 0 Å². The second kappa shape index (κ2) is 4.72. The van der Waals surface area contributed by atoms with Gasteiger partial charge in [-0.25, -0.2) is 4.79 Å². The van der Waals surface area contributed by atoms with Crippen molar-refractivity contribution in [2.75, 3.05) is 6.61 Å². The minimum absolute atomic E-state index is 0.239. The van der Waals surface area contributed by atoms with Crippen LogP contribution in [0, 0.1) is 0 Å². The number of rotatable bonds is 0. The van der Waals surface area contributed by atoms with Gasteiger partial charge in [-0.05, 0) is 19.3 Å². The molecular formula is C9H12O2. The molecule has 11 heavy (non-hydrogen) atoms. The summed E-state index contributed by atoms with van der Waals surface area (Å²) in [6.45, 7) is 0.553. The molecule has 0 spiro atoms. The first-order chi connectivity index (χ1) is 5.39. The zero-order chi connectivity index (χ0) is 7.94. The van der Waals surface area contributed by atoms with Crippen molar-refractivity contribution in [3.63, 3.8) is 0 Å². The molecule has 0 N–H and O–H groups in total. The van der Waals surface area contributed by atoms with Gasteiger partial charge >= 0.3 is 5.97 Å². The molecule has 0 aromatic carbocycles. The quantitative estimate of drug-likeness (QED) is 0.495. The van der Waals surface area contributed by atoms with E-state index in [0.29, 0.717) is 6.61 Å². The maximum Gasteiger partial charge on any atom is 0.330 e. The first kappa shape index (κ1) is 8.05. The standard InChI is InChI=1S/C9H12O2/c10-9-7-5-3-1-2-4-6-8-11-9/h1,3,5,7H,2,4,6,8H2/b3-1+,7-5-. The number of ether oxygens (including phenoxy) is 1. The minimum atomic E-state index is -0.239. The van der Waals surface area contributed by atoms with Gasteiger partial charge in [-0.1, -0.05) is 18.2 Å². The second-order valence-corrected chi connectivity index (χ2v) is 2.45. The number of hydrogen-bond acceptors (Lipinski definition) is 2. The van der Waals surface area contributed by atoms with Crippen molar-refractivity contribution in [2.45, 2.75) is 19.3 Å². The lowest BCUT2D eigenvalue weighted by Gasteiger charge is -2.01. The molecule has 0 amide bonds. The average Bonchev–Trinajstić information content (AvgIpc) is 2.03. The molecule has 60 valence electrons. The SMILES string of the molecule is O=C1/C=C\C=C\CCCCO1. The van der Waals surface area contributed by atoms with Crippen LogP contribution in [0.2, 0.25) is 0 Å².